The second-order valence-electron chi connectivity index (χ2n) is 7.03. The number of ether oxygens (including phenoxy) is 4. The lowest BCUT2D eigenvalue weighted by atomic mass is 10.2. The summed E-state index contributed by atoms with van der Waals surface area (Å²) in [4.78, 5) is 24.5. The molecule has 0 bridgehead atoms. The number of methoxy groups -OCH3 is 3. The molecule has 2 N–H and O–H groups in total. The first-order valence-electron chi connectivity index (χ1n) is 10.4. The van der Waals surface area contributed by atoms with E-state index in [0.29, 0.717) is 39.6 Å². The van der Waals surface area contributed by atoms with E-state index in [-0.39, 0.29) is 5.69 Å². The number of rotatable bonds is 9. The highest BCUT2D eigenvalue weighted by Crippen LogP contribution is 2.37. The third-order valence-corrected chi connectivity index (χ3v) is 5.31. The first-order valence-corrected chi connectivity index (χ1v) is 11.1. The van der Waals surface area contributed by atoms with E-state index < -0.39 is 11.8 Å². The summed E-state index contributed by atoms with van der Waals surface area (Å²) in [5, 5.41) is 6.33. The lowest BCUT2D eigenvalue weighted by Gasteiger charge is -2.13. The van der Waals surface area contributed by atoms with Crippen molar-refractivity contribution in [3.8, 4) is 23.0 Å². The standard InChI is InChI=1S/C25H24BrN3O6/c1-32-18-9-10-21(33-2)20(13-18)28-24(30)25(31)29-27-14-17-11-19(26)23(22(12-17)34-3)35-15-16-7-5-4-6-8-16/h4-14H,15H2,1-3H3,(H,28,30)(H,29,31)/b27-14+. The zero-order valence-corrected chi connectivity index (χ0v) is 20.9. The van der Waals surface area contributed by atoms with Gasteiger partial charge in [-0.05, 0) is 51.3 Å². The van der Waals surface area contributed by atoms with Gasteiger partial charge in [-0.1, -0.05) is 30.3 Å². The molecule has 10 heteroatoms. The van der Waals surface area contributed by atoms with Crippen LogP contribution in [0.5, 0.6) is 23.0 Å². The zero-order chi connectivity index (χ0) is 25.2. The van der Waals surface area contributed by atoms with E-state index in [4.69, 9.17) is 18.9 Å². The molecule has 0 saturated heterocycles. The Balaban J connectivity index is 1.63. The van der Waals surface area contributed by atoms with Crippen molar-refractivity contribution in [2.45, 2.75) is 6.61 Å². The third-order valence-electron chi connectivity index (χ3n) is 4.72. The lowest BCUT2D eigenvalue weighted by molar-refractivity contribution is -0.136. The highest BCUT2D eigenvalue weighted by Gasteiger charge is 2.16. The quantitative estimate of drug-likeness (QED) is 0.239. The van der Waals surface area contributed by atoms with Gasteiger partial charge in [-0.3, -0.25) is 9.59 Å². The van der Waals surface area contributed by atoms with E-state index in [0.717, 1.165) is 5.56 Å². The monoisotopic (exact) mass is 541 g/mol. The van der Waals surface area contributed by atoms with E-state index in [1.54, 1.807) is 30.3 Å². The number of nitrogens with zero attached hydrogens (tertiary/aromatic N) is 1. The molecule has 3 aromatic carbocycles. The van der Waals surface area contributed by atoms with Crippen molar-refractivity contribution in [3.05, 3.63) is 76.3 Å². The summed E-state index contributed by atoms with van der Waals surface area (Å²) in [5.41, 5.74) is 4.10. The molecule has 0 radical (unpaired) electrons. The van der Waals surface area contributed by atoms with Crippen LogP contribution in [0.25, 0.3) is 0 Å². The van der Waals surface area contributed by atoms with Crippen LogP contribution in [0.15, 0.2) is 70.2 Å². The Morgan fingerprint density at radius 3 is 2.34 bits per heavy atom. The number of hydrogen-bond donors (Lipinski definition) is 2. The van der Waals surface area contributed by atoms with Gasteiger partial charge in [0.1, 0.15) is 18.1 Å². The summed E-state index contributed by atoms with van der Waals surface area (Å²) in [5.74, 6) is 0.00408. The Kier molecular flexibility index (Phi) is 9.08. The van der Waals surface area contributed by atoms with Crippen LogP contribution >= 0.6 is 15.9 Å². The molecule has 182 valence electrons. The van der Waals surface area contributed by atoms with Gasteiger partial charge in [0.05, 0.1) is 37.7 Å². The number of halogens is 1. The smallest absolute Gasteiger partial charge is 0.329 e. The normalized spacial score (nSPS) is 10.5. The Labute approximate surface area is 211 Å². The number of carbonyl (C=O) groups excluding carboxylic acids is 2. The average Bonchev–Trinajstić information content (AvgIpc) is 2.88. The van der Waals surface area contributed by atoms with Gasteiger partial charge in [0, 0.05) is 6.07 Å². The molecule has 0 atom stereocenters. The highest BCUT2D eigenvalue weighted by molar-refractivity contribution is 9.10. The molecular formula is C25H24BrN3O6. The van der Waals surface area contributed by atoms with Gasteiger partial charge in [0.15, 0.2) is 11.5 Å². The summed E-state index contributed by atoms with van der Waals surface area (Å²) >= 11 is 3.48. The first-order chi connectivity index (χ1) is 16.9. The molecule has 0 heterocycles. The largest absolute Gasteiger partial charge is 0.497 e. The van der Waals surface area contributed by atoms with Crippen molar-refractivity contribution in [1.82, 2.24) is 5.43 Å². The maximum Gasteiger partial charge on any atom is 0.329 e. The number of anilines is 1. The Hall–Kier alpha value is -4.05. The molecule has 3 aromatic rings. The van der Waals surface area contributed by atoms with Gasteiger partial charge in [-0.15, -0.1) is 0 Å². The van der Waals surface area contributed by atoms with Crippen LogP contribution in [0.1, 0.15) is 11.1 Å². The highest BCUT2D eigenvalue weighted by atomic mass is 79.9. The summed E-state index contributed by atoms with van der Waals surface area (Å²) in [7, 11) is 4.47. The fraction of sp³-hybridized carbons (Fsp3) is 0.160. The summed E-state index contributed by atoms with van der Waals surface area (Å²) < 4.78 is 22.3. The topological polar surface area (TPSA) is 107 Å². The number of amides is 2. The van der Waals surface area contributed by atoms with Crippen LogP contribution in [0.4, 0.5) is 5.69 Å². The third kappa shape index (κ3) is 6.97. The predicted molar refractivity (Wildman–Crippen MR) is 135 cm³/mol. The molecule has 0 unspecified atom stereocenters. The summed E-state index contributed by atoms with van der Waals surface area (Å²) in [6.45, 7) is 0.368. The number of hydrazone groups is 1. The Bertz CT molecular complexity index is 1220. The van der Waals surface area contributed by atoms with E-state index in [9.17, 15) is 9.59 Å². The van der Waals surface area contributed by atoms with E-state index in [1.165, 1.54) is 27.5 Å². The van der Waals surface area contributed by atoms with Crippen molar-refractivity contribution in [2.75, 3.05) is 26.6 Å². The number of carbonyl (C=O) groups is 2. The molecule has 0 aliphatic heterocycles. The predicted octanol–water partition coefficient (Wildman–Crippen LogP) is 4.14. The van der Waals surface area contributed by atoms with Gasteiger partial charge in [0.2, 0.25) is 0 Å². The molecule has 0 aliphatic carbocycles. The molecule has 2 amide bonds. The minimum Gasteiger partial charge on any atom is -0.497 e. The van der Waals surface area contributed by atoms with Crippen LogP contribution in [0, 0.1) is 0 Å². The Morgan fingerprint density at radius 2 is 1.66 bits per heavy atom. The van der Waals surface area contributed by atoms with Gasteiger partial charge in [0.25, 0.3) is 0 Å². The van der Waals surface area contributed by atoms with E-state index in [2.05, 4.69) is 31.8 Å². The fourth-order valence-corrected chi connectivity index (χ4v) is 3.57. The summed E-state index contributed by atoms with van der Waals surface area (Å²) in [6.07, 6.45) is 1.38. The van der Waals surface area contributed by atoms with Crippen molar-refractivity contribution in [1.29, 1.82) is 0 Å². The molecule has 0 saturated carbocycles. The number of benzene rings is 3. The second kappa shape index (κ2) is 12.4. The molecular weight excluding hydrogens is 518 g/mol. The minimum absolute atomic E-state index is 0.288. The maximum atomic E-state index is 12.3. The van der Waals surface area contributed by atoms with Gasteiger partial charge in [-0.2, -0.15) is 5.10 Å². The number of nitrogens with one attached hydrogen (secondary N) is 2. The second-order valence-corrected chi connectivity index (χ2v) is 7.88. The molecule has 35 heavy (non-hydrogen) atoms. The van der Waals surface area contributed by atoms with Crippen LogP contribution in [-0.2, 0) is 16.2 Å². The van der Waals surface area contributed by atoms with Crippen LogP contribution in [0.2, 0.25) is 0 Å². The zero-order valence-electron chi connectivity index (χ0n) is 19.3. The first kappa shape index (κ1) is 25.6. The van der Waals surface area contributed by atoms with Gasteiger partial charge in [-0.25, -0.2) is 5.43 Å². The lowest BCUT2D eigenvalue weighted by Crippen LogP contribution is -2.32. The molecule has 0 aromatic heterocycles. The molecule has 0 spiro atoms. The maximum absolute atomic E-state index is 12.3. The molecule has 0 fully saturated rings. The SMILES string of the molecule is COc1ccc(OC)c(NC(=O)C(=O)N/N=C/c2cc(Br)c(OCc3ccccc3)c(OC)c2)c1. The Morgan fingerprint density at radius 1 is 0.914 bits per heavy atom. The minimum atomic E-state index is -0.958. The van der Waals surface area contributed by atoms with Crippen LogP contribution in [-0.4, -0.2) is 39.4 Å². The van der Waals surface area contributed by atoms with Crippen molar-refractivity contribution >= 4 is 39.6 Å². The fourth-order valence-electron chi connectivity index (χ4n) is 2.99. The molecule has 0 aliphatic rings. The average molecular weight is 542 g/mol. The summed E-state index contributed by atoms with van der Waals surface area (Å²) in [6, 6.07) is 18.0. The van der Waals surface area contributed by atoms with Gasteiger partial charge >= 0.3 is 11.8 Å². The molecule has 3 rings (SSSR count). The van der Waals surface area contributed by atoms with E-state index >= 15 is 0 Å². The van der Waals surface area contributed by atoms with Crippen LogP contribution in [0.3, 0.4) is 0 Å². The van der Waals surface area contributed by atoms with E-state index in [1.807, 2.05) is 30.3 Å². The number of hydrogen-bond acceptors (Lipinski definition) is 7. The van der Waals surface area contributed by atoms with Crippen molar-refractivity contribution < 1.29 is 28.5 Å². The van der Waals surface area contributed by atoms with Gasteiger partial charge < -0.3 is 24.3 Å². The molecule has 9 nitrogen and oxygen atoms in total. The van der Waals surface area contributed by atoms with Crippen molar-refractivity contribution in [3.63, 3.8) is 0 Å². The van der Waals surface area contributed by atoms with Crippen LogP contribution < -0.4 is 29.7 Å². The van der Waals surface area contributed by atoms with Crippen molar-refractivity contribution in [2.24, 2.45) is 5.10 Å².